The van der Waals surface area contributed by atoms with Crippen molar-refractivity contribution in [2.45, 2.75) is 25.8 Å². The first-order valence-corrected chi connectivity index (χ1v) is 7.21. The Hall–Kier alpha value is -0.940. The van der Waals surface area contributed by atoms with Crippen LogP contribution in [0.15, 0.2) is 21.0 Å². The fraction of sp³-hybridized carbons (Fsp3) is 0.429. The zero-order chi connectivity index (χ0) is 13.6. The number of benzene rings is 1. The van der Waals surface area contributed by atoms with Gasteiger partial charge in [0.05, 0.1) is 6.04 Å². The fourth-order valence-electron chi connectivity index (χ4n) is 2.41. The molecule has 1 atom stereocenters. The van der Waals surface area contributed by atoms with Gasteiger partial charge >= 0.3 is 0 Å². The fourth-order valence-corrected chi connectivity index (χ4v) is 2.91. The first-order valence-electron chi connectivity index (χ1n) is 6.42. The summed E-state index contributed by atoms with van der Waals surface area (Å²) in [4.78, 5) is 0. The van der Waals surface area contributed by atoms with E-state index in [1.807, 2.05) is 6.92 Å². The van der Waals surface area contributed by atoms with E-state index in [-0.39, 0.29) is 11.6 Å². The Bertz CT molecular complexity index is 621. The third-order valence-electron chi connectivity index (χ3n) is 3.49. The molecule has 19 heavy (non-hydrogen) atoms. The minimum atomic E-state index is -0.921. The summed E-state index contributed by atoms with van der Waals surface area (Å²) in [6.45, 7) is 2.84. The minimum Gasteiger partial charge on any atom is -0.456 e. The SMILES string of the molecule is CCNC(c1cc2c(Br)cc(F)c(F)c2o1)C1CC1. The molecule has 1 fully saturated rings. The molecular formula is C14H14BrF2NO. The molecule has 2 aromatic rings. The van der Waals surface area contributed by atoms with Gasteiger partial charge < -0.3 is 9.73 Å². The lowest BCUT2D eigenvalue weighted by Crippen LogP contribution is -2.21. The quantitative estimate of drug-likeness (QED) is 0.833. The van der Waals surface area contributed by atoms with Gasteiger partial charge in [-0.15, -0.1) is 0 Å². The molecule has 0 saturated heterocycles. The van der Waals surface area contributed by atoms with Crippen LogP contribution in [0.5, 0.6) is 0 Å². The Kier molecular flexibility index (Phi) is 3.35. The van der Waals surface area contributed by atoms with E-state index in [0.717, 1.165) is 25.5 Å². The van der Waals surface area contributed by atoms with Gasteiger partial charge in [-0.1, -0.05) is 6.92 Å². The molecule has 1 heterocycles. The number of fused-ring (bicyclic) bond motifs is 1. The van der Waals surface area contributed by atoms with Crippen molar-refractivity contribution in [1.29, 1.82) is 0 Å². The van der Waals surface area contributed by atoms with Crippen molar-refractivity contribution in [2.75, 3.05) is 6.54 Å². The molecule has 1 unspecified atom stereocenters. The lowest BCUT2D eigenvalue weighted by Gasteiger charge is -2.13. The zero-order valence-electron chi connectivity index (χ0n) is 10.5. The second-order valence-electron chi connectivity index (χ2n) is 4.92. The summed E-state index contributed by atoms with van der Waals surface area (Å²) in [5, 5.41) is 3.93. The molecule has 1 saturated carbocycles. The summed E-state index contributed by atoms with van der Waals surface area (Å²) in [6, 6.07) is 3.02. The van der Waals surface area contributed by atoms with Crippen LogP contribution in [0.1, 0.15) is 31.6 Å². The van der Waals surface area contributed by atoms with Gasteiger partial charge in [-0.2, -0.15) is 4.39 Å². The summed E-state index contributed by atoms with van der Waals surface area (Å²) in [6.07, 6.45) is 2.29. The molecule has 0 amide bonds. The van der Waals surface area contributed by atoms with Crippen LogP contribution in [0.25, 0.3) is 11.0 Å². The molecule has 1 aliphatic carbocycles. The van der Waals surface area contributed by atoms with Crippen LogP contribution < -0.4 is 5.32 Å². The first kappa shape index (κ1) is 13.1. The number of halogens is 3. The summed E-state index contributed by atoms with van der Waals surface area (Å²) in [5.41, 5.74) is -0.00886. The van der Waals surface area contributed by atoms with Crippen LogP contribution in [-0.2, 0) is 0 Å². The van der Waals surface area contributed by atoms with Crippen LogP contribution in [-0.4, -0.2) is 6.54 Å². The summed E-state index contributed by atoms with van der Waals surface area (Å²) in [7, 11) is 0. The third-order valence-corrected chi connectivity index (χ3v) is 4.15. The summed E-state index contributed by atoms with van der Waals surface area (Å²) in [5.74, 6) is -0.598. The van der Waals surface area contributed by atoms with Gasteiger partial charge in [0.15, 0.2) is 11.4 Å². The van der Waals surface area contributed by atoms with Gasteiger partial charge in [-0.25, -0.2) is 4.39 Å². The largest absolute Gasteiger partial charge is 0.456 e. The highest BCUT2D eigenvalue weighted by atomic mass is 79.9. The molecule has 1 aromatic carbocycles. The Morgan fingerprint density at radius 1 is 1.42 bits per heavy atom. The maximum Gasteiger partial charge on any atom is 0.201 e. The standard InChI is InChI=1S/C14H14BrF2NO/c1-2-18-13(7-3-4-7)11-5-8-9(15)6-10(16)12(17)14(8)19-11/h5-7,13,18H,2-4H2,1H3. The van der Waals surface area contributed by atoms with E-state index in [1.165, 1.54) is 0 Å². The number of hydrogen-bond acceptors (Lipinski definition) is 2. The predicted molar refractivity (Wildman–Crippen MR) is 73.0 cm³/mol. The van der Waals surface area contributed by atoms with Crippen molar-refractivity contribution >= 4 is 26.9 Å². The second kappa shape index (κ2) is 4.87. The molecule has 102 valence electrons. The molecular weight excluding hydrogens is 316 g/mol. The molecule has 0 aliphatic heterocycles. The molecule has 2 nitrogen and oxygen atoms in total. The topological polar surface area (TPSA) is 25.2 Å². The highest BCUT2D eigenvalue weighted by Gasteiger charge is 2.34. The molecule has 0 radical (unpaired) electrons. The molecule has 1 aromatic heterocycles. The van der Waals surface area contributed by atoms with E-state index in [4.69, 9.17) is 4.42 Å². The Balaban J connectivity index is 2.10. The number of nitrogens with one attached hydrogen (secondary N) is 1. The van der Waals surface area contributed by atoms with E-state index in [0.29, 0.717) is 21.5 Å². The van der Waals surface area contributed by atoms with Gasteiger partial charge in [-0.05, 0) is 53.4 Å². The monoisotopic (exact) mass is 329 g/mol. The third kappa shape index (κ3) is 2.30. The Labute approximate surface area is 118 Å². The lowest BCUT2D eigenvalue weighted by atomic mass is 10.1. The molecule has 3 rings (SSSR count). The highest BCUT2D eigenvalue weighted by molar-refractivity contribution is 9.10. The van der Waals surface area contributed by atoms with E-state index in [9.17, 15) is 8.78 Å². The van der Waals surface area contributed by atoms with Gasteiger partial charge in [0.2, 0.25) is 5.82 Å². The zero-order valence-corrected chi connectivity index (χ0v) is 12.1. The van der Waals surface area contributed by atoms with Crippen LogP contribution in [0.2, 0.25) is 0 Å². The first-order chi connectivity index (χ1) is 9.11. The van der Waals surface area contributed by atoms with Crippen LogP contribution >= 0.6 is 15.9 Å². The molecule has 0 spiro atoms. The number of hydrogen-bond donors (Lipinski definition) is 1. The lowest BCUT2D eigenvalue weighted by molar-refractivity contribution is 0.395. The van der Waals surface area contributed by atoms with Gasteiger partial charge in [0.1, 0.15) is 5.76 Å². The normalized spacial score (nSPS) is 17.1. The van der Waals surface area contributed by atoms with E-state index >= 15 is 0 Å². The molecule has 5 heteroatoms. The van der Waals surface area contributed by atoms with E-state index < -0.39 is 11.6 Å². The van der Waals surface area contributed by atoms with Crippen LogP contribution in [0.4, 0.5) is 8.78 Å². The predicted octanol–water partition coefficient (Wildman–Crippen LogP) is 4.53. The maximum absolute atomic E-state index is 13.7. The number of rotatable bonds is 4. The van der Waals surface area contributed by atoms with Crippen molar-refractivity contribution in [3.63, 3.8) is 0 Å². The molecule has 0 bridgehead atoms. The van der Waals surface area contributed by atoms with Crippen LogP contribution in [0.3, 0.4) is 0 Å². The van der Waals surface area contributed by atoms with Gasteiger partial charge in [0, 0.05) is 9.86 Å². The Morgan fingerprint density at radius 3 is 2.79 bits per heavy atom. The average molecular weight is 330 g/mol. The number of furan rings is 1. The van der Waals surface area contributed by atoms with Gasteiger partial charge in [0.25, 0.3) is 0 Å². The van der Waals surface area contributed by atoms with Crippen molar-refractivity contribution in [3.8, 4) is 0 Å². The maximum atomic E-state index is 13.7. The van der Waals surface area contributed by atoms with Crippen molar-refractivity contribution in [3.05, 3.63) is 34.0 Å². The van der Waals surface area contributed by atoms with Crippen LogP contribution in [0, 0.1) is 17.6 Å². The van der Waals surface area contributed by atoms with Gasteiger partial charge in [-0.3, -0.25) is 0 Å². The Morgan fingerprint density at radius 2 is 2.16 bits per heavy atom. The minimum absolute atomic E-state index is 0.00886. The average Bonchev–Trinajstić information content (AvgIpc) is 3.11. The van der Waals surface area contributed by atoms with E-state index in [1.54, 1.807) is 6.07 Å². The smallest absolute Gasteiger partial charge is 0.201 e. The molecule has 1 aliphatic rings. The molecule has 1 N–H and O–H groups in total. The van der Waals surface area contributed by atoms with Crippen molar-refractivity contribution < 1.29 is 13.2 Å². The van der Waals surface area contributed by atoms with E-state index in [2.05, 4.69) is 21.2 Å². The van der Waals surface area contributed by atoms with Crippen molar-refractivity contribution in [2.24, 2.45) is 5.92 Å². The highest BCUT2D eigenvalue weighted by Crippen LogP contribution is 2.43. The second-order valence-corrected chi connectivity index (χ2v) is 5.77. The van der Waals surface area contributed by atoms with Crippen molar-refractivity contribution in [1.82, 2.24) is 5.32 Å². The summed E-state index contributed by atoms with van der Waals surface area (Å²) >= 11 is 3.25. The summed E-state index contributed by atoms with van der Waals surface area (Å²) < 4.78 is 33.2.